The van der Waals surface area contributed by atoms with Crippen molar-refractivity contribution in [3.63, 3.8) is 0 Å². The van der Waals surface area contributed by atoms with Gasteiger partial charge >= 0.3 is 0 Å². The topological polar surface area (TPSA) is 20.2 Å². The van der Waals surface area contributed by atoms with Gasteiger partial charge in [0, 0.05) is 0 Å². The molecule has 3 rings (SSSR count). The molecule has 17 heavy (non-hydrogen) atoms. The third-order valence-corrected chi connectivity index (χ3v) is 3.14. The molecule has 3 aliphatic carbocycles. The number of aliphatic hydroxyl groups is 1. The van der Waals surface area contributed by atoms with E-state index in [1.165, 1.54) is 16.7 Å². The zero-order chi connectivity index (χ0) is 11.7. The first-order valence-corrected chi connectivity index (χ1v) is 5.86. The summed E-state index contributed by atoms with van der Waals surface area (Å²) in [6.07, 6.45) is 20.8. The van der Waals surface area contributed by atoms with Crippen molar-refractivity contribution in [1.29, 1.82) is 0 Å². The predicted octanol–water partition coefficient (Wildman–Crippen LogP) is 3.15. The van der Waals surface area contributed by atoms with E-state index in [0.717, 1.165) is 12.0 Å². The van der Waals surface area contributed by atoms with Gasteiger partial charge in [-0.25, -0.2) is 0 Å². The van der Waals surface area contributed by atoms with Crippen LogP contribution in [0.15, 0.2) is 83.1 Å². The van der Waals surface area contributed by atoms with Crippen molar-refractivity contribution in [1.82, 2.24) is 0 Å². The van der Waals surface area contributed by atoms with Crippen molar-refractivity contribution < 1.29 is 5.11 Å². The van der Waals surface area contributed by atoms with E-state index in [1.54, 1.807) is 6.08 Å². The first-order chi connectivity index (χ1) is 8.33. The lowest BCUT2D eigenvalue weighted by molar-refractivity contribution is 0.271. The Morgan fingerprint density at radius 3 is 2.94 bits per heavy atom. The molecule has 0 fully saturated rings. The third-order valence-electron chi connectivity index (χ3n) is 3.14. The normalized spacial score (nSPS) is 25.8. The fraction of sp³-hybridized carbons (Fsp3) is 0.125. The molecule has 1 N–H and O–H groups in total. The average Bonchev–Trinajstić information content (AvgIpc) is 2.46. The number of hydrogen-bond donors (Lipinski definition) is 1. The summed E-state index contributed by atoms with van der Waals surface area (Å²) in [6, 6.07) is 0. The van der Waals surface area contributed by atoms with Crippen LogP contribution in [0.1, 0.15) is 6.42 Å². The molecule has 0 aromatic carbocycles. The van der Waals surface area contributed by atoms with Gasteiger partial charge in [-0.05, 0) is 34.8 Å². The highest BCUT2D eigenvalue weighted by atomic mass is 16.3. The first kappa shape index (κ1) is 10.3. The Balaban J connectivity index is 2.17. The van der Waals surface area contributed by atoms with Crippen molar-refractivity contribution >= 4 is 0 Å². The van der Waals surface area contributed by atoms with Gasteiger partial charge in [0.2, 0.25) is 0 Å². The van der Waals surface area contributed by atoms with Crippen LogP contribution >= 0.6 is 0 Å². The quantitative estimate of drug-likeness (QED) is 0.667. The summed E-state index contributed by atoms with van der Waals surface area (Å²) < 4.78 is 0. The molecule has 0 aromatic heterocycles. The van der Waals surface area contributed by atoms with E-state index in [4.69, 9.17) is 0 Å². The van der Waals surface area contributed by atoms with Crippen LogP contribution < -0.4 is 0 Å². The van der Waals surface area contributed by atoms with Gasteiger partial charge < -0.3 is 5.11 Å². The Morgan fingerprint density at radius 1 is 1.06 bits per heavy atom. The van der Waals surface area contributed by atoms with Crippen LogP contribution in [0.5, 0.6) is 0 Å². The second-order valence-electron chi connectivity index (χ2n) is 4.41. The molecule has 1 atom stereocenters. The first-order valence-electron chi connectivity index (χ1n) is 5.86. The van der Waals surface area contributed by atoms with Gasteiger partial charge in [0.15, 0.2) is 0 Å². The predicted molar refractivity (Wildman–Crippen MR) is 70.4 cm³/mol. The molecule has 1 nitrogen and oxygen atoms in total. The zero-order valence-electron chi connectivity index (χ0n) is 9.51. The minimum absolute atomic E-state index is 0.487. The lowest BCUT2D eigenvalue weighted by Crippen LogP contribution is -2.05. The fourth-order valence-corrected chi connectivity index (χ4v) is 2.34. The molecule has 0 radical (unpaired) electrons. The molecule has 0 aliphatic heterocycles. The molecular formula is C16H14O. The molecule has 0 aromatic rings. The average molecular weight is 222 g/mol. The molecule has 0 spiro atoms. The minimum Gasteiger partial charge on any atom is -0.385 e. The van der Waals surface area contributed by atoms with E-state index in [2.05, 4.69) is 36.5 Å². The van der Waals surface area contributed by atoms with Gasteiger partial charge in [-0.2, -0.15) is 0 Å². The highest BCUT2D eigenvalue weighted by molar-refractivity contribution is 5.62. The number of allylic oxidation sites excluding steroid dienone is 12. The standard InChI is InChI=1S/C16H14O/c17-15-8-4-7-14-10-12-5-2-1-3-6-13(9-12)16(14)11-15/h1-8,10-11,15,17H,9H2. The van der Waals surface area contributed by atoms with Gasteiger partial charge in [0.05, 0.1) is 6.10 Å². The summed E-state index contributed by atoms with van der Waals surface area (Å²) in [5.74, 6) is 0. The van der Waals surface area contributed by atoms with E-state index >= 15 is 0 Å². The van der Waals surface area contributed by atoms with Crippen molar-refractivity contribution in [2.45, 2.75) is 12.5 Å². The van der Waals surface area contributed by atoms with Crippen LogP contribution in [-0.4, -0.2) is 11.2 Å². The van der Waals surface area contributed by atoms with E-state index in [9.17, 15) is 5.11 Å². The fourth-order valence-electron chi connectivity index (χ4n) is 2.34. The second-order valence-corrected chi connectivity index (χ2v) is 4.41. The number of rotatable bonds is 0. The van der Waals surface area contributed by atoms with Crippen LogP contribution in [0.3, 0.4) is 0 Å². The third kappa shape index (κ3) is 2.02. The highest BCUT2D eigenvalue weighted by Crippen LogP contribution is 2.35. The Kier molecular flexibility index (Phi) is 2.54. The summed E-state index contributed by atoms with van der Waals surface area (Å²) in [4.78, 5) is 0. The molecule has 0 saturated heterocycles. The van der Waals surface area contributed by atoms with Gasteiger partial charge in [-0.15, -0.1) is 0 Å². The maximum Gasteiger partial charge on any atom is 0.0914 e. The maximum absolute atomic E-state index is 9.77. The van der Waals surface area contributed by atoms with Crippen LogP contribution in [0.2, 0.25) is 0 Å². The number of aliphatic hydroxyl groups excluding tert-OH is 1. The van der Waals surface area contributed by atoms with Crippen molar-refractivity contribution in [2.75, 3.05) is 0 Å². The lowest BCUT2D eigenvalue weighted by Gasteiger charge is -2.21. The van der Waals surface area contributed by atoms with E-state index in [-0.39, 0.29) is 0 Å². The molecule has 1 heteroatoms. The van der Waals surface area contributed by atoms with Gasteiger partial charge in [-0.3, -0.25) is 0 Å². The van der Waals surface area contributed by atoms with Crippen LogP contribution in [-0.2, 0) is 0 Å². The van der Waals surface area contributed by atoms with E-state index < -0.39 is 6.10 Å². The summed E-state index contributed by atoms with van der Waals surface area (Å²) in [6.45, 7) is 0. The van der Waals surface area contributed by atoms with Crippen LogP contribution in [0, 0.1) is 0 Å². The van der Waals surface area contributed by atoms with E-state index in [1.807, 2.05) is 18.2 Å². The molecule has 84 valence electrons. The SMILES string of the molecule is OC1C=CC=C2C=C3C=CC=CC=C(C3)C2=C1. The summed E-state index contributed by atoms with van der Waals surface area (Å²) >= 11 is 0. The van der Waals surface area contributed by atoms with Crippen molar-refractivity contribution in [3.05, 3.63) is 83.1 Å². The molecule has 0 amide bonds. The maximum atomic E-state index is 9.77. The largest absolute Gasteiger partial charge is 0.385 e. The monoisotopic (exact) mass is 222 g/mol. The summed E-state index contributed by atoms with van der Waals surface area (Å²) in [5.41, 5.74) is 4.93. The molecule has 1 unspecified atom stereocenters. The Morgan fingerprint density at radius 2 is 2.00 bits per heavy atom. The van der Waals surface area contributed by atoms with Crippen LogP contribution in [0.4, 0.5) is 0 Å². The van der Waals surface area contributed by atoms with Crippen molar-refractivity contribution in [2.24, 2.45) is 0 Å². The Labute approximate surface area is 101 Å². The molecule has 0 heterocycles. The minimum atomic E-state index is -0.487. The van der Waals surface area contributed by atoms with Crippen LogP contribution in [0.25, 0.3) is 0 Å². The van der Waals surface area contributed by atoms with E-state index in [0.29, 0.717) is 0 Å². The Bertz CT molecular complexity index is 548. The van der Waals surface area contributed by atoms with Gasteiger partial charge in [0.1, 0.15) is 0 Å². The molecule has 3 aliphatic rings. The Hall–Kier alpha value is -1.86. The lowest BCUT2D eigenvalue weighted by atomic mass is 9.84. The highest BCUT2D eigenvalue weighted by Gasteiger charge is 2.18. The number of hydrogen-bond acceptors (Lipinski definition) is 1. The summed E-state index contributed by atoms with van der Waals surface area (Å²) in [5, 5.41) is 9.77. The zero-order valence-corrected chi connectivity index (χ0v) is 9.51. The molecule has 0 saturated carbocycles. The number of fused-ring (bicyclic) bond motifs is 4. The van der Waals surface area contributed by atoms with Crippen molar-refractivity contribution in [3.8, 4) is 0 Å². The second kappa shape index (κ2) is 4.19. The van der Waals surface area contributed by atoms with Gasteiger partial charge in [0.25, 0.3) is 0 Å². The molecular weight excluding hydrogens is 208 g/mol. The molecule has 2 bridgehead atoms. The smallest absolute Gasteiger partial charge is 0.0914 e. The summed E-state index contributed by atoms with van der Waals surface area (Å²) in [7, 11) is 0. The van der Waals surface area contributed by atoms with Gasteiger partial charge in [-0.1, -0.05) is 54.7 Å².